The molecule has 1 aliphatic heterocycles. The van der Waals surface area contributed by atoms with E-state index >= 15 is 0 Å². The molecule has 4 rings (SSSR count). The fourth-order valence-electron chi connectivity index (χ4n) is 5.40. The Hall–Kier alpha value is -2.26. The van der Waals surface area contributed by atoms with Crippen LogP contribution in [0, 0.1) is 5.92 Å². The van der Waals surface area contributed by atoms with E-state index < -0.39 is 22.0 Å². The van der Waals surface area contributed by atoms with Gasteiger partial charge < -0.3 is 4.90 Å². The Labute approximate surface area is 189 Å². The molecule has 0 bridgehead atoms. The zero-order valence-electron chi connectivity index (χ0n) is 18.2. The number of carbonyl (C=O) groups is 3. The third kappa shape index (κ3) is 4.59. The molecule has 2 aliphatic carbocycles. The molecule has 1 aromatic carbocycles. The van der Waals surface area contributed by atoms with Crippen LogP contribution in [0.15, 0.2) is 29.2 Å². The van der Waals surface area contributed by atoms with E-state index in [0.29, 0.717) is 5.69 Å². The molecule has 1 aromatic rings. The minimum atomic E-state index is -3.87. The highest BCUT2D eigenvalue weighted by Crippen LogP contribution is 2.35. The van der Waals surface area contributed by atoms with Crippen molar-refractivity contribution in [1.29, 1.82) is 0 Å². The molecular weight excluding hydrogens is 430 g/mol. The van der Waals surface area contributed by atoms with Crippen LogP contribution in [0.1, 0.15) is 70.6 Å². The molecule has 0 radical (unpaired) electrons. The molecule has 9 heteroatoms. The lowest BCUT2D eigenvalue weighted by atomic mass is 9.86. The summed E-state index contributed by atoms with van der Waals surface area (Å²) in [6.45, 7) is 0. The van der Waals surface area contributed by atoms with Gasteiger partial charge in [0.15, 0.2) is 0 Å². The first kappa shape index (κ1) is 22.9. The van der Waals surface area contributed by atoms with E-state index in [1.807, 2.05) is 0 Å². The Morgan fingerprint density at radius 3 is 2.03 bits per heavy atom. The average Bonchev–Trinajstić information content (AvgIpc) is 3.08. The van der Waals surface area contributed by atoms with Gasteiger partial charge in [0.05, 0.1) is 17.0 Å². The largest absolute Gasteiger partial charge is 0.327 e. The molecule has 1 saturated heterocycles. The summed E-state index contributed by atoms with van der Waals surface area (Å²) >= 11 is 0. The topological polar surface area (TPSA) is 118 Å². The summed E-state index contributed by atoms with van der Waals surface area (Å²) in [5.74, 6) is -0.834. The number of rotatable bonds is 5. The van der Waals surface area contributed by atoms with Crippen molar-refractivity contribution in [2.45, 2.75) is 87.6 Å². The molecule has 3 amide bonds. The summed E-state index contributed by atoms with van der Waals surface area (Å²) in [5, 5.41) is 5.14. The van der Waals surface area contributed by atoms with Gasteiger partial charge in [0.25, 0.3) is 5.91 Å². The predicted octanol–water partition coefficient (Wildman–Crippen LogP) is 2.71. The lowest BCUT2D eigenvalue weighted by Crippen LogP contribution is -2.53. The maximum absolute atomic E-state index is 13.6. The lowest BCUT2D eigenvalue weighted by molar-refractivity contribution is -0.146. The number of sulfonamides is 1. The number of amides is 3. The predicted molar refractivity (Wildman–Crippen MR) is 119 cm³/mol. The van der Waals surface area contributed by atoms with E-state index in [9.17, 15) is 22.8 Å². The first-order valence-electron chi connectivity index (χ1n) is 11.6. The van der Waals surface area contributed by atoms with E-state index in [2.05, 4.69) is 0 Å². The molecule has 8 nitrogen and oxygen atoms in total. The van der Waals surface area contributed by atoms with Gasteiger partial charge in [-0.25, -0.2) is 18.5 Å². The third-order valence-corrected chi connectivity index (χ3v) is 7.99. The highest BCUT2D eigenvalue weighted by Gasteiger charge is 2.47. The van der Waals surface area contributed by atoms with Gasteiger partial charge in [0.1, 0.15) is 6.04 Å². The smallest absolute Gasteiger partial charge is 0.257 e. The monoisotopic (exact) mass is 461 g/mol. The molecule has 3 aliphatic rings. The van der Waals surface area contributed by atoms with Gasteiger partial charge in [0, 0.05) is 12.0 Å². The van der Waals surface area contributed by atoms with Gasteiger partial charge in [-0.2, -0.15) is 0 Å². The van der Waals surface area contributed by atoms with Crippen molar-refractivity contribution in [3.05, 3.63) is 24.3 Å². The fourth-order valence-corrected chi connectivity index (χ4v) is 5.91. The van der Waals surface area contributed by atoms with Crippen molar-refractivity contribution < 1.29 is 22.8 Å². The van der Waals surface area contributed by atoms with Crippen molar-refractivity contribution in [3.63, 3.8) is 0 Å². The summed E-state index contributed by atoms with van der Waals surface area (Å²) in [5.41, 5.74) is 0.295. The summed E-state index contributed by atoms with van der Waals surface area (Å²) in [4.78, 5) is 42.7. The van der Waals surface area contributed by atoms with Gasteiger partial charge in [-0.15, -0.1) is 0 Å². The van der Waals surface area contributed by atoms with Crippen molar-refractivity contribution in [2.24, 2.45) is 11.1 Å². The molecule has 32 heavy (non-hydrogen) atoms. The highest BCUT2D eigenvalue weighted by molar-refractivity contribution is 7.89. The van der Waals surface area contributed by atoms with Crippen LogP contribution in [0.25, 0.3) is 0 Å². The second-order valence-electron chi connectivity index (χ2n) is 9.20. The van der Waals surface area contributed by atoms with Crippen LogP contribution in [0.5, 0.6) is 0 Å². The van der Waals surface area contributed by atoms with Crippen molar-refractivity contribution in [2.75, 3.05) is 4.90 Å². The molecule has 0 spiro atoms. The molecule has 1 atom stereocenters. The van der Waals surface area contributed by atoms with E-state index in [1.54, 1.807) is 4.90 Å². The highest BCUT2D eigenvalue weighted by atomic mass is 32.2. The second-order valence-corrected chi connectivity index (χ2v) is 10.8. The Bertz CT molecular complexity index is 979. The van der Waals surface area contributed by atoms with Crippen LogP contribution in [0.4, 0.5) is 5.69 Å². The van der Waals surface area contributed by atoms with E-state index in [1.165, 1.54) is 24.3 Å². The lowest BCUT2D eigenvalue weighted by Gasteiger charge is -2.40. The maximum Gasteiger partial charge on any atom is 0.257 e. The van der Waals surface area contributed by atoms with Gasteiger partial charge in [-0.3, -0.25) is 14.4 Å². The quantitative estimate of drug-likeness (QED) is 0.677. The third-order valence-electron chi connectivity index (χ3n) is 7.06. The van der Waals surface area contributed by atoms with E-state index in [-0.39, 0.29) is 35.1 Å². The Balaban J connectivity index is 1.61. The molecule has 1 unspecified atom stereocenters. The fraction of sp³-hybridized carbons (Fsp3) is 0.609. The van der Waals surface area contributed by atoms with Gasteiger partial charge >= 0.3 is 0 Å². The van der Waals surface area contributed by atoms with Crippen molar-refractivity contribution in [3.8, 4) is 0 Å². The number of nitrogens with two attached hydrogens (primary N) is 1. The normalized spacial score (nSPS) is 23.5. The van der Waals surface area contributed by atoms with Crippen LogP contribution in [-0.4, -0.2) is 43.1 Å². The molecule has 1 heterocycles. The molecule has 3 fully saturated rings. The van der Waals surface area contributed by atoms with Gasteiger partial charge in [0.2, 0.25) is 21.8 Å². The van der Waals surface area contributed by atoms with Crippen LogP contribution >= 0.6 is 0 Å². The van der Waals surface area contributed by atoms with Crippen LogP contribution < -0.4 is 10.0 Å². The van der Waals surface area contributed by atoms with Gasteiger partial charge in [-0.05, 0) is 49.9 Å². The number of anilines is 1. The number of imide groups is 1. The molecule has 2 N–H and O–H groups in total. The SMILES string of the molecule is NS(=O)(=O)c1ccc(N2C(=O)CC(N(C(=O)C3CCCCC3)C3CCCCC3)C2=O)cc1. The second kappa shape index (κ2) is 9.31. The average molecular weight is 462 g/mol. The molecule has 0 aromatic heterocycles. The number of benzene rings is 1. The summed E-state index contributed by atoms with van der Waals surface area (Å²) in [7, 11) is -3.87. The van der Waals surface area contributed by atoms with Crippen LogP contribution in [0.2, 0.25) is 0 Å². The van der Waals surface area contributed by atoms with Crippen LogP contribution in [-0.2, 0) is 24.4 Å². The number of carbonyl (C=O) groups excluding carboxylic acids is 3. The zero-order valence-corrected chi connectivity index (χ0v) is 19.1. The summed E-state index contributed by atoms with van der Waals surface area (Å²) in [6.07, 6.45) is 9.72. The minimum Gasteiger partial charge on any atom is -0.327 e. The maximum atomic E-state index is 13.6. The molecular formula is C23H31N3O5S. The first-order valence-corrected chi connectivity index (χ1v) is 13.1. The van der Waals surface area contributed by atoms with Crippen molar-refractivity contribution >= 4 is 33.4 Å². The Morgan fingerprint density at radius 2 is 1.47 bits per heavy atom. The number of hydrogen-bond acceptors (Lipinski definition) is 5. The van der Waals surface area contributed by atoms with E-state index in [4.69, 9.17) is 5.14 Å². The number of primary sulfonamides is 1. The summed E-state index contributed by atoms with van der Waals surface area (Å²) in [6, 6.07) is 4.58. The van der Waals surface area contributed by atoms with Crippen LogP contribution in [0.3, 0.4) is 0 Å². The first-order chi connectivity index (χ1) is 15.3. The molecule has 174 valence electrons. The summed E-state index contributed by atoms with van der Waals surface area (Å²) < 4.78 is 23.0. The minimum absolute atomic E-state index is 0.00960. The van der Waals surface area contributed by atoms with Crippen molar-refractivity contribution in [1.82, 2.24) is 4.90 Å². The standard InChI is InChI=1S/C23H31N3O5S/c24-32(30,31)19-13-11-18(12-14-19)26-21(27)15-20(23(26)29)25(17-9-5-2-6-10-17)22(28)16-7-3-1-4-8-16/h11-14,16-17,20H,1-10,15H2,(H2,24,30,31). The van der Waals surface area contributed by atoms with Gasteiger partial charge in [-0.1, -0.05) is 38.5 Å². The Kier molecular flexibility index (Phi) is 6.67. The molecule has 2 saturated carbocycles. The van der Waals surface area contributed by atoms with E-state index in [0.717, 1.165) is 69.1 Å². The Morgan fingerprint density at radius 1 is 0.906 bits per heavy atom. The number of hydrogen-bond donors (Lipinski definition) is 1. The zero-order chi connectivity index (χ0) is 22.9. The number of nitrogens with zero attached hydrogens (tertiary/aromatic N) is 2.